The summed E-state index contributed by atoms with van der Waals surface area (Å²) in [5, 5.41) is 3.76. The van der Waals surface area contributed by atoms with Gasteiger partial charge in [-0.05, 0) is 46.4 Å². The number of piperazine rings is 1. The molecule has 0 radical (unpaired) electrons. The van der Waals surface area contributed by atoms with E-state index in [0.717, 1.165) is 43.9 Å². The Morgan fingerprint density at radius 2 is 1.94 bits per heavy atom. The van der Waals surface area contributed by atoms with Gasteiger partial charge in [-0.2, -0.15) is 4.98 Å². The number of carbonyl (C=O) groups excluding carboxylic acids is 1. The summed E-state index contributed by atoms with van der Waals surface area (Å²) in [5.74, 6) is 1.29. The number of likely N-dealkylation sites (N-methyl/N-ethyl adjacent to an activating group) is 1. The van der Waals surface area contributed by atoms with Gasteiger partial charge in [0.05, 0.1) is 29.5 Å². The summed E-state index contributed by atoms with van der Waals surface area (Å²) in [6.45, 7) is 10.3. The molecule has 10 heteroatoms. The zero-order chi connectivity index (χ0) is 24.7. The third-order valence-electron chi connectivity index (χ3n) is 7.31. The number of nitrogens with one attached hydrogen (secondary N) is 1. The standard InChI is InChI=1S/C25H33ClN8O/c1-17-15-33(12-11-31(17)4)24-28-13-19(26)22(29-24)32-10-8-18(16-32)23(35)30-25(2,3)20-14-27-21-7-5-6-9-34(20)21/h5-7,9,13-14,17-18H,8,10-12,15-16H2,1-4H3,(H,30,35)/t17-,18-/m1/s1. The molecule has 0 spiro atoms. The van der Waals surface area contributed by atoms with Crippen molar-refractivity contribution in [3.63, 3.8) is 0 Å². The zero-order valence-corrected chi connectivity index (χ0v) is 21.5. The maximum Gasteiger partial charge on any atom is 0.227 e. The summed E-state index contributed by atoms with van der Waals surface area (Å²) in [6, 6.07) is 6.31. The van der Waals surface area contributed by atoms with Crippen molar-refractivity contribution in [2.45, 2.75) is 38.8 Å². The van der Waals surface area contributed by atoms with Crippen LogP contribution in [0.25, 0.3) is 5.65 Å². The molecule has 0 aliphatic carbocycles. The van der Waals surface area contributed by atoms with Crippen molar-refractivity contribution in [2.75, 3.05) is 49.6 Å². The number of pyridine rings is 1. The molecule has 9 nitrogen and oxygen atoms in total. The van der Waals surface area contributed by atoms with Gasteiger partial charge in [0.1, 0.15) is 10.7 Å². The lowest BCUT2D eigenvalue weighted by atomic mass is 9.98. The predicted octanol–water partition coefficient (Wildman–Crippen LogP) is 2.80. The number of imidazole rings is 1. The van der Waals surface area contributed by atoms with E-state index in [1.54, 1.807) is 6.20 Å². The quantitative estimate of drug-likeness (QED) is 0.581. The van der Waals surface area contributed by atoms with E-state index in [0.29, 0.717) is 29.4 Å². The van der Waals surface area contributed by atoms with Gasteiger partial charge in [0.25, 0.3) is 0 Å². The molecule has 0 unspecified atom stereocenters. The molecule has 3 aromatic rings. The molecule has 2 saturated heterocycles. The summed E-state index contributed by atoms with van der Waals surface area (Å²) in [5.41, 5.74) is 1.24. The van der Waals surface area contributed by atoms with Gasteiger partial charge >= 0.3 is 0 Å². The van der Waals surface area contributed by atoms with Crippen molar-refractivity contribution in [3.8, 4) is 0 Å². The fraction of sp³-hybridized carbons (Fsp3) is 0.520. The Labute approximate surface area is 211 Å². The Morgan fingerprint density at radius 1 is 1.11 bits per heavy atom. The maximum absolute atomic E-state index is 13.3. The molecule has 0 aromatic carbocycles. The van der Waals surface area contributed by atoms with Gasteiger partial charge in [0.2, 0.25) is 11.9 Å². The number of rotatable bonds is 5. The molecule has 3 aromatic heterocycles. The molecule has 1 amide bonds. The minimum atomic E-state index is -0.566. The Kier molecular flexibility index (Phi) is 6.31. The van der Waals surface area contributed by atoms with Gasteiger partial charge in [-0.1, -0.05) is 17.7 Å². The average molecular weight is 497 g/mol. The molecule has 2 aliphatic rings. The van der Waals surface area contributed by atoms with Gasteiger partial charge in [-0.3, -0.25) is 4.79 Å². The zero-order valence-electron chi connectivity index (χ0n) is 20.8. The molecule has 1 N–H and O–H groups in total. The third kappa shape index (κ3) is 4.67. The molecular formula is C25H33ClN8O. The van der Waals surface area contributed by atoms with Crippen LogP contribution >= 0.6 is 11.6 Å². The van der Waals surface area contributed by atoms with Gasteiger partial charge < -0.3 is 24.4 Å². The van der Waals surface area contributed by atoms with Crippen LogP contribution in [0.4, 0.5) is 11.8 Å². The van der Waals surface area contributed by atoms with Crippen LogP contribution in [-0.2, 0) is 10.3 Å². The number of anilines is 2. The predicted molar refractivity (Wildman–Crippen MR) is 138 cm³/mol. The molecule has 5 heterocycles. The molecular weight excluding hydrogens is 464 g/mol. The average Bonchev–Trinajstić information content (AvgIpc) is 3.49. The van der Waals surface area contributed by atoms with E-state index in [2.05, 4.69) is 44.0 Å². The van der Waals surface area contributed by atoms with Crippen molar-refractivity contribution in [2.24, 2.45) is 5.92 Å². The van der Waals surface area contributed by atoms with Crippen LogP contribution in [0.3, 0.4) is 0 Å². The number of nitrogens with zero attached hydrogens (tertiary/aromatic N) is 7. The largest absolute Gasteiger partial charge is 0.354 e. The van der Waals surface area contributed by atoms with Crippen LogP contribution in [0.5, 0.6) is 0 Å². The van der Waals surface area contributed by atoms with Crippen molar-refractivity contribution in [1.82, 2.24) is 29.6 Å². The Balaban J connectivity index is 1.28. The van der Waals surface area contributed by atoms with Gasteiger partial charge in [-0.25, -0.2) is 9.97 Å². The Hall–Kier alpha value is -2.91. The summed E-state index contributed by atoms with van der Waals surface area (Å²) >= 11 is 6.52. The van der Waals surface area contributed by atoms with Gasteiger partial charge in [0, 0.05) is 45.0 Å². The molecule has 0 bridgehead atoms. The summed E-state index contributed by atoms with van der Waals surface area (Å²) < 4.78 is 2.02. The summed E-state index contributed by atoms with van der Waals surface area (Å²) in [4.78, 5) is 33.8. The number of amides is 1. The number of hydrogen-bond acceptors (Lipinski definition) is 7. The SMILES string of the molecule is C[C@@H]1CN(c2ncc(Cl)c(N3CC[C@@H](C(=O)NC(C)(C)c4cnc5ccccn45)C3)n2)CCN1C. The number of carbonyl (C=O) groups is 1. The first-order chi connectivity index (χ1) is 16.7. The number of halogens is 1. The van der Waals surface area contributed by atoms with Crippen LogP contribution in [0.1, 0.15) is 32.9 Å². The molecule has 35 heavy (non-hydrogen) atoms. The lowest BCUT2D eigenvalue weighted by Gasteiger charge is -2.37. The highest BCUT2D eigenvalue weighted by molar-refractivity contribution is 6.32. The second kappa shape index (κ2) is 9.28. The van der Waals surface area contributed by atoms with Crippen LogP contribution < -0.4 is 15.1 Å². The van der Waals surface area contributed by atoms with Crippen LogP contribution in [-0.4, -0.2) is 76.0 Å². The number of hydrogen-bond donors (Lipinski definition) is 1. The highest BCUT2D eigenvalue weighted by Gasteiger charge is 2.35. The molecule has 5 rings (SSSR count). The van der Waals surface area contributed by atoms with Crippen molar-refractivity contribution in [3.05, 3.63) is 47.5 Å². The molecule has 0 saturated carbocycles. The first-order valence-corrected chi connectivity index (χ1v) is 12.6. The van der Waals surface area contributed by atoms with Crippen LogP contribution in [0.15, 0.2) is 36.8 Å². The van der Waals surface area contributed by atoms with Crippen molar-refractivity contribution < 1.29 is 4.79 Å². The highest BCUT2D eigenvalue weighted by atomic mass is 35.5. The molecule has 2 fully saturated rings. The fourth-order valence-electron chi connectivity index (χ4n) is 4.99. The summed E-state index contributed by atoms with van der Waals surface area (Å²) in [7, 11) is 2.14. The van der Waals surface area contributed by atoms with E-state index in [1.807, 2.05) is 48.8 Å². The third-order valence-corrected chi connectivity index (χ3v) is 7.57. The summed E-state index contributed by atoms with van der Waals surface area (Å²) in [6.07, 6.45) is 6.23. The van der Waals surface area contributed by atoms with Gasteiger partial charge in [-0.15, -0.1) is 0 Å². The topological polar surface area (TPSA) is 81.9 Å². The normalized spacial score (nSPS) is 21.6. The Morgan fingerprint density at radius 3 is 2.74 bits per heavy atom. The van der Waals surface area contributed by atoms with Gasteiger partial charge in [0.15, 0.2) is 5.82 Å². The molecule has 2 aliphatic heterocycles. The molecule has 186 valence electrons. The van der Waals surface area contributed by atoms with Crippen LogP contribution in [0, 0.1) is 5.92 Å². The second-order valence-corrected chi connectivity index (χ2v) is 10.6. The minimum absolute atomic E-state index is 0.0293. The first kappa shape index (κ1) is 23.8. The van der Waals surface area contributed by atoms with E-state index < -0.39 is 5.54 Å². The number of aromatic nitrogens is 4. The lowest BCUT2D eigenvalue weighted by Crippen LogP contribution is -2.50. The van der Waals surface area contributed by atoms with E-state index >= 15 is 0 Å². The van der Waals surface area contributed by atoms with E-state index in [9.17, 15) is 4.79 Å². The highest BCUT2D eigenvalue weighted by Crippen LogP contribution is 2.31. The second-order valence-electron chi connectivity index (χ2n) is 10.2. The van der Waals surface area contributed by atoms with Crippen molar-refractivity contribution in [1.29, 1.82) is 0 Å². The fourth-order valence-corrected chi connectivity index (χ4v) is 5.20. The van der Waals surface area contributed by atoms with Crippen LogP contribution in [0.2, 0.25) is 5.02 Å². The Bertz CT molecular complexity index is 1230. The monoisotopic (exact) mass is 496 g/mol. The smallest absolute Gasteiger partial charge is 0.227 e. The molecule has 2 atom stereocenters. The van der Waals surface area contributed by atoms with E-state index in [-0.39, 0.29) is 11.8 Å². The maximum atomic E-state index is 13.3. The van der Waals surface area contributed by atoms with E-state index in [4.69, 9.17) is 16.6 Å². The van der Waals surface area contributed by atoms with E-state index in [1.165, 1.54) is 0 Å². The first-order valence-electron chi connectivity index (χ1n) is 12.2. The lowest BCUT2D eigenvalue weighted by molar-refractivity contribution is -0.126. The minimum Gasteiger partial charge on any atom is -0.354 e. The number of fused-ring (bicyclic) bond motifs is 1. The van der Waals surface area contributed by atoms with Crippen molar-refractivity contribution >= 4 is 34.9 Å².